The summed E-state index contributed by atoms with van der Waals surface area (Å²) in [5, 5.41) is 0.957. The number of sulfonamides is 1. The minimum absolute atomic E-state index is 0.180. The van der Waals surface area contributed by atoms with Crippen LogP contribution in [0.2, 0.25) is 0 Å². The van der Waals surface area contributed by atoms with Gasteiger partial charge in [-0.1, -0.05) is 30.3 Å². The van der Waals surface area contributed by atoms with Crippen LogP contribution < -0.4 is 4.74 Å². The number of para-hydroxylation sites is 1. The van der Waals surface area contributed by atoms with Crippen LogP contribution >= 0.6 is 0 Å². The predicted octanol–water partition coefficient (Wildman–Crippen LogP) is 3.22. The zero-order valence-corrected chi connectivity index (χ0v) is 14.7. The SMILES string of the molecule is O=S(=O)(c1ccccc1F)N1CCC(Oc2cccc3cccnc23)C1. The van der Waals surface area contributed by atoms with Crippen molar-refractivity contribution in [2.75, 3.05) is 13.1 Å². The molecule has 4 rings (SSSR count). The van der Waals surface area contributed by atoms with E-state index in [0.29, 0.717) is 18.7 Å². The Hall–Kier alpha value is -2.51. The fourth-order valence-electron chi connectivity index (χ4n) is 3.16. The maximum atomic E-state index is 13.9. The van der Waals surface area contributed by atoms with Crippen molar-refractivity contribution in [2.24, 2.45) is 0 Å². The predicted molar refractivity (Wildman–Crippen MR) is 95.9 cm³/mol. The topological polar surface area (TPSA) is 59.5 Å². The minimum Gasteiger partial charge on any atom is -0.487 e. The molecule has 1 saturated heterocycles. The van der Waals surface area contributed by atoms with Crippen molar-refractivity contribution in [3.63, 3.8) is 0 Å². The summed E-state index contributed by atoms with van der Waals surface area (Å²) >= 11 is 0. The molecule has 7 heteroatoms. The molecular formula is C19H17FN2O3S. The molecule has 0 aliphatic carbocycles. The van der Waals surface area contributed by atoms with Gasteiger partial charge in [-0.3, -0.25) is 4.98 Å². The molecule has 0 radical (unpaired) electrons. The minimum atomic E-state index is -3.87. The summed E-state index contributed by atoms with van der Waals surface area (Å²) in [6, 6.07) is 14.9. The van der Waals surface area contributed by atoms with Crippen molar-refractivity contribution in [1.82, 2.24) is 9.29 Å². The Labute approximate surface area is 151 Å². The molecule has 2 heterocycles. The van der Waals surface area contributed by atoms with Crippen LogP contribution in [0.25, 0.3) is 10.9 Å². The Morgan fingerprint density at radius 3 is 2.73 bits per heavy atom. The quantitative estimate of drug-likeness (QED) is 0.706. The van der Waals surface area contributed by atoms with E-state index in [9.17, 15) is 12.8 Å². The molecule has 5 nitrogen and oxygen atoms in total. The smallest absolute Gasteiger partial charge is 0.246 e. The second-order valence-corrected chi connectivity index (χ2v) is 8.06. The number of fused-ring (bicyclic) bond motifs is 1. The molecule has 1 atom stereocenters. The molecule has 3 aromatic rings. The van der Waals surface area contributed by atoms with E-state index in [1.165, 1.54) is 22.5 Å². The van der Waals surface area contributed by atoms with Crippen molar-refractivity contribution >= 4 is 20.9 Å². The van der Waals surface area contributed by atoms with E-state index in [0.717, 1.165) is 17.0 Å². The molecular weight excluding hydrogens is 355 g/mol. The van der Waals surface area contributed by atoms with Gasteiger partial charge >= 0.3 is 0 Å². The highest BCUT2D eigenvalue weighted by Crippen LogP contribution is 2.28. The first kappa shape index (κ1) is 16.9. The maximum Gasteiger partial charge on any atom is 0.246 e. The Morgan fingerprint density at radius 1 is 1.08 bits per heavy atom. The number of halogens is 1. The van der Waals surface area contributed by atoms with Crippen LogP contribution in [0.4, 0.5) is 4.39 Å². The van der Waals surface area contributed by atoms with Gasteiger partial charge in [-0.15, -0.1) is 0 Å². The zero-order chi connectivity index (χ0) is 18.1. The van der Waals surface area contributed by atoms with Gasteiger partial charge in [0, 0.05) is 18.1 Å². The molecule has 2 aromatic carbocycles. The van der Waals surface area contributed by atoms with E-state index < -0.39 is 15.8 Å². The third kappa shape index (κ3) is 3.04. The summed E-state index contributed by atoms with van der Waals surface area (Å²) in [4.78, 5) is 4.05. The maximum absolute atomic E-state index is 13.9. The Bertz CT molecular complexity index is 1050. The average molecular weight is 372 g/mol. The third-order valence-electron chi connectivity index (χ3n) is 4.45. The van der Waals surface area contributed by atoms with Gasteiger partial charge in [0.15, 0.2) is 0 Å². The average Bonchev–Trinajstić information content (AvgIpc) is 3.12. The van der Waals surface area contributed by atoms with E-state index in [2.05, 4.69) is 4.98 Å². The third-order valence-corrected chi connectivity index (χ3v) is 6.35. The number of rotatable bonds is 4. The first-order valence-electron chi connectivity index (χ1n) is 8.31. The summed E-state index contributed by atoms with van der Waals surface area (Å²) in [6.07, 6.45) is 1.93. The molecule has 26 heavy (non-hydrogen) atoms. The number of pyridine rings is 1. The summed E-state index contributed by atoms with van der Waals surface area (Å²) in [5.74, 6) is -0.117. The van der Waals surface area contributed by atoms with Gasteiger partial charge < -0.3 is 4.74 Å². The number of hydrogen-bond donors (Lipinski definition) is 0. The molecule has 0 saturated carbocycles. The van der Waals surface area contributed by atoms with Crippen LogP contribution in [0, 0.1) is 5.82 Å². The number of hydrogen-bond acceptors (Lipinski definition) is 4. The lowest BCUT2D eigenvalue weighted by Gasteiger charge is -2.18. The van der Waals surface area contributed by atoms with Crippen molar-refractivity contribution in [2.45, 2.75) is 17.4 Å². The molecule has 134 valence electrons. The summed E-state index contributed by atoms with van der Waals surface area (Å²) in [6.45, 7) is 0.472. The highest BCUT2D eigenvalue weighted by molar-refractivity contribution is 7.89. The Balaban J connectivity index is 1.55. The van der Waals surface area contributed by atoms with Gasteiger partial charge in [-0.05, 0) is 30.7 Å². The highest BCUT2D eigenvalue weighted by Gasteiger charge is 2.35. The van der Waals surface area contributed by atoms with Crippen LogP contribution in [-0.4, -0.2) is 36.9 Å². The molecule has 0 bridgehead atoms. The van der Waals surface area contributed by atoms with E-state index in [4.69, 9.17) is 4.74 Å². The van der Waals surface area contributed by atoms with Crippen molar-refractivity contribution < 1.29 is 17.5 Å². The Kier molecular flexibility index (Phi) is 4.34. The standard InChI is InChI=1S/C19H17FN2O3S/c20-16-7-1-2-9-18(16)26(23,24)22-12-10-15(13-22)25-17-8-3-5-14-6-4-11-21-19(14)17/h1-9,11,15H,10,12-13H2. The largest absolute Gasteiger partial charge is 0.487 e. The van der Waals surface area contributed by atoms with Crippen LogP contribution in [0.1, 0.15) is 6.42 Å². The summed E-state index contributed by atoms with van der Waals surface area (Å²) in [5.41, 5.74) is 0.741. The van der Waals surface area contributed by atoms with E-state index in [1.54, 1.807) is 6.20 Å². The van der Waals surface area contributed by atoms with Crippen molar-refractivity contribution in [1.29, 1.82) is 0 Å². The van der Waals surface area contributed by atoms with Gasteiger partial charge in [0.05, 0.1) is 6.54 Å². The molecule has 1 aromatic heterocycles. The first-order valence-corrected chi connectivity index (χ1v) is 9.75. The lowest BCUT2D eigenvalue weighted by atomic mass is 10.2. The number of benzene rings is 2. The van der Waals surface area contributed by atoms with E-state index in [-0.39, 0.29) is 17.5 Å². The van der Waals surface area contributed by atoms with Gasteiger partial charge in [-0.25, -0.2) is 12.8 Å². The van der Waals surface area contributed by atoms with Crippen LogP contribution in [0.15, 0.2) is 65.7 Å². The second kappa shape index (κ2) is 6.66. The van der Waals surface area contributed by atoms with Gasteiger partial charge in [-0.2, -0.15) is 4.31 Å². The monoisotopic (exact) mass is 372 g/mol. The fourth-order valence-corrected chi connectivity index (χ4v) is 4.71. The van der Waals surface area contributed by atoms with E-state index in [1.807, 2.05) is 30.3 Å². The zero-order valence-electron chi connectivity index (χ0n) is 13.9. The molecule has 1 aliphatic rings. The molecule has 1 fully saturated rings. The Morgan fingerprint density at radius 2 is 1.88 bits per heavy atom. The van der Waals surface area contributed by atoms with Crippen molar-refractivity contribution in [3.8, 4) is 5.75 Å². The molecule has 0 N–H and O–H groups in total. The lowest BCUT2D eigenvalue weighted by Crippen LogP contribution is -2.31. The fraction of sp³-hybridized carbons (Fsp3) is 0.211. The second-order valence-electron chi connectivity index (χ2n) is 6.15. The molecule has 0 amide bonds. The van der Waals surface area contributed by atoms with Crippen LogP contribution in [0.5, 0.6) is 5.75 Å². The van der Waals surface area contributed by atoms with E-state index >= 15 is 0 Å². The van der Waals surface area contributed by atoms with Crippen LogP contribution in [0.3, 0.4) is 0 Å². The molecule has 1 unspecified atom stereocenters. The molecule has 1 aliphatic heterocycles. The van der Waals surface area contributed by atoms with Gasteiger partial charge in [0.1, 0.15) is 28.1 Å². The first-order chi connectivity index (χ1) is 12.6. The number of nitrogens with zero attached hydrogens (tertiary/aromatic N) is 2. The van der Waals surface area contributed by atoms with Gasteiger partial charge in [0.2, 0.25) is 10.0 Å². The summed E-state index contributed by atoms with van der Waals surface area (Å²) < 4.78 is 46.6. The van der Waals surface area contributed by atoms with Crippen molar-refractivity contribution in [3.05, 3.63) is 66.6 Å². The number of aromatic nitrogens is 1. The summed E-state index contributed by atoms with van der Waals surface area (Å²) in [7, 11) is -3.87. The molecule has 0 spiro atoms. The number of ether oxygens (including phenoxy) is 1. The normalized spacial score (nSPS) is 18.3. The van der Waals surface area contributed by atoms with Gasteiger partial charge in [0.25, 0.3) is 0 Å². The lowest BCUT2D eigenvalue weighted by molar-refractivity contribution is 0.218. The highest BCUT2D eigenvalue weighted by atomic mass is 32.2. The van der Waals surface area contributed by atoms with Crippen LogP contribution in [-0.2, 0) is 10.0 Å².